The van der Waals surface area contributed by atoms with Crippen LogP contribution in [0.15, 0.2) is 0 Å². The average molecular weight is 319 g/mol. The van der Waals surface area contributed by atoms with Crippen LogP contribution < -0.4 is 0 Å². The molecule has 0 saturated carbocycles. The summed E-state index contributed by atoms with van der Waals surface area (Å²) in [7, 11) is -0.791. The lowest BCUT2D eigenvalue weighted by atomic mass is 10.1. The molecule has 0 aromatic carbocycles. The van der Waals surface area contributed by atoms with Crippen LogP contribution in [-0.2, 0) is 4.79 Å². The molecule has 0 rings (SSSR count). The zero-order chi connectivity index (χ0) is 15.3. The minimum absolute atomic E-state index is 0.181. The van der Waals surface area contributed by atoms with E-state index in [0.29, 0.717) is 6.42 Å². The molecule has 0 unspecified atom stereocenters. The lowest BCUT2D eigenvalue weighted by molar-refractivity contribution is -0.111. The van der Waals surface area contributed by atoms with Gasteiger partial charge in [-0.3, -0.25) is 4.79 Å². The minimum Gasteiger partial charge on any atom is -0.281 e. The molecule has 0 aromatic rings. The van der Waals surface area contributed by atoms with E-state index in [9.17, 15) is 4.79 Å². The Bertz CT molecular complexity index is 236. The standard InChI is InChI=1S/C17H35ClOSi/c1-20(2,3)16-14-12-10-8-6-4-5-7-9-11-13-15-17(18)19/h4-16H2,1-3H3. The minimum atomic E-state index is -0.791. The van der Waals surface area contributed by atoms with Crippen molar-refractivity contribution in [1.29, 1.82) is 0 Å². The van der Waals surface area contributed by atoms with Gasteiger partial charge in [-0.2, -0.15) is 0 Å². The summed E-state index contributed by atoms with van der Waals surface area (Å²) in [5, 5.41) is -0.181. The topological polar surface area (TPSA) is 17.1 Å². The zero-order valence-electron chi connectivity index (χ0n) is 14.0. The van der Waals surface area contributed by atoms with Crippen LogP contribution in [0.4, 0.5) is 0 Å². The fourth-order valence-electron chi connectivity index (χ4n) is 2.51. The number of halogens is 1. The van der Waals surface area contributed by atoms with Gasteiger partial charge in [0.1, 0.15) is 0 Å². The Labute approximate surface area is 132 Å². The third kappa shape index (κ3) is 18.2. The Morgan fingerprint density at radius 2 is 1.05 bits per heavy atom. The van der Waals surface area contributed by atoms with Gasteiger partial charge in [0.2, 0.25) is 5.24 Å². The molecule has 0 radical (unpaired) electrons. The number of carbonyl (C=O) groups excluding carboxylic acids is 1. The van der Waals surface area contributed by atoms with E-state index in [1.807, 2.05) is 0 Å². The summed E-state index contributed by atoms with van der Waals surface area (Å²) >= 11 is 5.30. The molecule has 0 aromatic heterocycles. The van der Waals surface area contributed by atoms with E-state index in [1.165, 1.54) is 63.8 Å². The van der Waals surface area contributed by atoms with Crippen LogP contribution in [0.1, 0.15) is 77.0 Å². The molecule has 0 aliphatic heterocycles. The smallest absolute Gasteiger partial charge is 0.221 e. The van der Waals surface area contributed by atoms with Gasteiger partial charge in [-0.15, -0.1) is 0 Å². The summed E-state index contributed by atoms with van der Waals surface area (Å²) in [5.41, 5.74) is 0. The molecular formula is C17H35ClOSi. The Morgan fingerprint density at radius 3 is 1.40 bits per heavy atom. The third-order valence-corrected chi connectivity index (χ3v) is 5.84. The van der Waals surface area contributed by atoms with Crippen LogP contribution in [0, 0.1) is 0 Å². The van der Waals surface area contributed by atoms with Crippen molar-refractivity contribution in [2.24, 2.45) is 0 Å². The molecule has 0 N–H and O–H groups in total. The van der Waals surface area contributed by atoms with E-state index in [0.717, 1.165) is 12.8 Å². The molecule has 0 aliphatic rings. The normalized spacial score (nSPS) is 11.8. The maximum Gasteiger partial charge on any atom is 0.221 e. The first-order valence-electron chi connectivity index (χ1n) is 8.60. The van der Waals surface area contributed by atoms with Crippen LogP contribution in [0.5, 0.6) is 0 Å². The highest BCUT2D eigenvalue weighted by Crippen LogP contribution is 2.16. The van der Waals surface area contributed by atoms with Crippen molar-refractivity contribution < 1.29 is 4.79 Å². The zero-order valence-corrected chi connectivity index (χ0v) is 15.7. The second-order valence-electron chi connectivity index (χ2n) is 7.30. The summed E-state index contributed by atoms with van der Waals surface area (Å²) in [4.78, 5) is 10.5. The quantitative estimate of drug-likeness (QED) is 0.196. The van der Waals surface area contributed by atoms with Crippen LogP contribution in [0.2, 0.25) is 25.7 Å². The summed E-state index contributed by atoms with van der Waals surface area (Å²) in [5.74, 6) is 0. The first-order valence-corrected chi connectivity index (χ1v) is 12.7. The summed E-state index contributed by atoms with van der Waals surface area (Å²) in [6, 6.07) is 1.50. The molecule has 0 spiro atoms. The fourth-order valence-corrected chi connectivity index (χ4v) is 3.95. The molecule has 0 amide bonds. The maximum absolute atomic E-state index is 10.5. The number of rotatable bonds is 14. The fraction of sp³-hybridized carbons (Fsp3) is 0.941. The Morgan fingerprint density at radius 1 is 0.700 bits per heavy atom. The van der Waals surface area contributed by atoms with Crippen LogP contribution >= 0.6 is 11.6 Å². The van der Waals surface area contributed by atoms with E-state index < -0.39 is 8.07 Å². The molecule has 0 saturated heterocycles. The van der Waals surface area contributed by atoms with Crippen molar-refractivity contribution in [1.82, 2.24) is 0 Å². The largest absolute Gasteiger partial charge is 0.281 e. The van der Waals surface area contributed by atoms with Gasteiger partial charge in [0, 0.05) is 14.5 Å². The van der Waals surface area contributed by atoms with E-state index in [-0.39, 0.29) is 5.24 Å². The first kappa shape index (κ1) is 20.2. The molecule has 0 heterocycles. The number of hydrogen-bond acceptors (Lipinski definition) is 1. The van der Waals surface area contributed by atoms with Crippen LogP contribution in [0.25, 0.3) is 0 Å². The molecule has 0 bridgehead atoms. The lowest BCUT2D eigenvalue weighted by Crippen LogP contribution is -2.18. The van der Waals surface area contributed by atoms with Gasteiger partial charge >= 0.3 is 0 Å². The van der Waals surface area contributed by atoms with Gasteiger partial charge in [-0.05, 0) is 18.0 Å². The lowest BCUT2D eigenvalue weighted by Gasteiger charge is -2.14. The molecule has 3 heteroatoms. The van der Waals surface area contributed by atoms with Crippen LogP contribution in [0.3, 0.4) is 0 Å². The highest BCUT2D eigenvalue weighted by Gasteiger charge is 2.11. The second kappa shape index (κ2) is 12.9. The molecule has 1 nitrogen and oxygen atoms in total. The molecule has 20 heavy (non-hydrogen) atoms. The van der Waals surface area contributed by atoms with Crippen molar-refractivity contribution in [2.45, 2.75) is 103 Å². The van der Waals surface area contributed by atoms with E-state index in [1.54, 1.807) is 0 Å². The molecular weight excluding hydrogens is 284 g/mol. The summed E-state index contributed by atoms with van der Waals surface area (Å²) in [6.07, 6.45) is 15.2. The Hall–Kier alpha value is 0.177. The predicted octanol–water partition coefficient (Wildman–Crippen LogP) is 6.77. The van der Waals surface area contributed by atoms with Crippen LogP contribution in [-0.4, -0.2) is 13.3 Å². The first-order chi connectivity index (χ1) is 9.42. The number of carbonyl (C=O) groups is 1. The molecule has 0 fully saturated rings. The van der Waals surface area contributed by atoms with Crippen molar-refractivity contribution in [3.05, 3.63) is 0 Å². The van der Waals surface area contributed by atoms with Crippen molar-refractivity contribution in [2.75, 3.05) is 0 Å². The average Bonchev–Trinajstić information content (AvgIpc) is 2.33. The SMILES string of the molecule is C[Si](C)(C)CCCCCCCCCCCCCC(=O)Cl. The second-order valence-corrected chi connectivity index (χ2v) is 13.3. The van der Waals surface area contributed by atoms with Gasteiger partial charge in [-0.25, -0.2) is 0 Å². The number of hydrogen-bond donors (Lipinski definition) is 0. The Balaban J connectivity index is 3.05. The maximum atomic E-state index is 10.5. The summed E-state index contributed by atoms with van der Waals surface area (Å²) < 4.78 is 0. The molecule has 120 valence electrons. The van der Waals surface area contributed by atoms with Gasteiger partial charge in [0.25, 0.3) is 0 Å². The monoisotopic (exact) mass is 318 g/mol. The van der Waals surface area contributed by atoms with Gasteiger partial charge in [0.15, 0.2) is 0 Å². The van der Waals surface area contributed by atoms with Crippen molar-refractivity contribution in [3.8, 4) is 0 Å². The van der Waals surface area contributed by atoms with Gasteiger partial charge in [-0.1, -0.05) is 89.9 Å². The van der Waals surface area contributed by atoms with Crippen molar-refractivity contribution >= 4 is 24.9 Å². The van der Waals surface area contributed by atoms with E-state index in [4.69, 9.17) is 11.6 Å². The van der Waals surface area contributed by atoms with E-state index in [2.05, 4.69) is 19.6 Å². The molecule has 0 aliphatic carbocycles. The highest BCUT2D eigenvalue weighted by molar-refractivity contribution is 6.76. The predicted molar refractivity (Wildman–Crippen MR) is 94.4 cm³/mol. The van der Waals surface area contributed by atoms with Gasteiger partial charge in [0.05, 0.1) is 0 Å². The van der Waals surface area contributed by atoms with Gasteiger partial charge < -0.3 is 0 Å². The molecule has 0 atom stereocenters. The third-order valence-electron chi connectivity index (χ3n) is 3.80. The van der Waals surface area contributed by atoms with Crippen molar-refractivity contribution in [3.63, 3.8) is 0 Å². The Kier molecular flexibility index (Phi) is 13.0. The summed E-state index contributed by atoms with van der Waals surface area (Å²) in [6.45, 7) is 7.40. The highest BCUT2D eigenvalue weighted by atomic mass is 35.5. The number of unbranched alkanes of at least 4 members (excludes halogenated alkanes) is 10. The van der Waals surface area contributed by atoms with E-state index >= 15 is 0 Å².